The number of fused-ring (bicyclic) bond motifs is 8. The van der Waals surface area contributed by atoms with Crippen molar-refractivity contribution in [2.24, 2.45) is 21.8 Å². The molecule has 4 aliphatic carbocycles. The summed E-state index contributed by atoms with van der Waals surface area (Å²) >= 11 is 12.7. The van der Waals surface area contributed by atoms with E-state index in [-0.39, 0.29) is 40.8 Å². The van der Waals surface area contributed by atoms with E-state index in [0.29, 0.717) is 83.2 Å². The van der Waals surface area contributed by atoms with Crippen molar-refractivity contribution in [1.29, 1.82) is 0 Å². The molecular weight excluding hydrogens is 1040 g/mol. The molecule has 4 aliphatic heterocycles. The van der Waals surface area contributed by atoms with Crippen molar-refractivity contribution in [1.82, 2.24) is 49.5 Å². The molecule has 8 aromatic rings. The van der Waals surface area contributed by atoms with Gasteiger partial charge in [0, 0.05) is 118 Å². The lowest BCUT2D eigenvalue weighted by atomic mass is 9.87. The first-order valence-electron chi connectivity index (χ1n) is 26.6. The average Bonchev–Trinajstić information content (AvgIpc) is 3.75. The van der Waals surface area contributed by atoms with Crippen molar-refractivity contribution in [2.75, 3.05) is 0 Å². The number of nitrogens with zero attached hydrogens (tertiary/aromatic N) is 12. The van der Waals surface area contributed by atoms with E-state index in [9.17, 15) is 19.2 Å². The van der Waals surface area contributed by atoms with Crippen LogP contribution < -0.4 is 11.1 Å². The molecule has 0 unspecified atom stereocenters. The van der Waals surface area contributed by atoms with Crippen molar-refractivity contribution in [3.05, 3.63) is 197 Å². The summed E-state index contributed by atoms with van der Waals surface area (Å²) in [6.07, 6.45) is 11.7. The molecular formula is C60H45Cl2FN12O4. The molecule has 6 atom stereocenters. The Morgan fingerprint density at radius 1 is 0.519 bits per heavy atom. The molecule has 16 rings (SSSR count). The number of hydrogen-bond donors (Lipinski definition) is 0. The second-order valence-electron chi connectivity index (χ2n) is 21.9. The third kappa shape index (κ3) is 8.23. The molecule has 79 heavy (non-hydrogen) atoms. The summed E-state index contributed by atoms with van der Waals surface area (Å²) in [6.45, 7) is 0. The number of tetrazole rings is 2. The van der Waals surface area contributed by atoms with E-state index in [1.807, 2.05) is 59.3 Å². The van der Waals surface area contributed by atoms with Crippen molar-refractivity contribution in [2.45, 2.75) is 88.1 Å². The lowest BCUT2D eigenvalue weighted by Gasteiger charge is -2.20. The summed E-state index contributed by atoms with van der Waals surface area (Å²) in [4.78, 5) is 60.2. The monoisotopic (exact) mass is 1090 g/mol. The summed E-state index contributed by atoms with van der Waals surface area (Å²) in [7, 11) is 0. The van der Waals surface area contributed by atoms with Gasteiger partial charge in [0.25, 0.3) is 11.1 Å². The smallest absolute Gasteiger partial charge is 0.251 e. The van der Waals surface area contributed by atoms with Crippen LogP contribution in [0.15, 0.2) is 141 Å². The number of rotatable bonds is 8. The number of halogens is 3. The van der Waals surface area contributed by atoms with Gasteiger partial charge in [0.15, 0.2) is 0 Å². The van der Waals surface area contributed by atoms with Crippen LogP contribution in [-0.2, 0) is 35.3 Å². The van der Waals surface area contributed by atoms with Gasteiger partial charge in [-0.25, -0.2) is 4.99 Å². The van der Waals surface area contributed by atoms with E-state index < -0.39 is 5.95 Å². The second-order valence-corrected chi connectivity index (χ2v) is 22.8. The highest BCUT2D eigenvalue weighted by atomic mass is 35.5. The van der Waals surface area contributed by atoms with Crippen molar-refractivity contribution < 1.29 is 14.0 Å². The highest BCUT2D eigenvalue weighted by molar-refractivity contribution is 6.31. The van der Waals surface area contributed by atoms with E-state index in [4.69, 9.17) is 28.2 Å². The zero-order valence-electron chi connectivity index (χ0n) is 42.1. The van der Waals surface area contributed by atoms with E-state index >= 15 is 4.39 Å². The molecule has 2 fully saturated rings. The number of carbonyl (C=O) groups excluding carboxylic acids is 2. The topological polar surface area (TPSA) is 190 Å². The molecule has 0 bridgehead atoms. The number of pyridine rings is 2. The van der Waals surface area contributed by atoms with Gasteiger partial charge >= 0.3 is 0 Å². The number of Topliss-reactive ketones (excluding diaryl/α,β-unsaturated/α-hetero) is 2. The first-order valence-corrected chi connectivity index (χ1v) is 27.3. The molecule has 0 radical (unpaired) electrons. The van der Waals surface area contributed by atoms with Crippen LogP contribution in [0.1, 0.15) is 107 Å². The van der Waals surface area contributed by atoms with Crippen LogP contribution in [0.3, 0.4) is 0 Å². The number of aryl methyl sites for hydroxylation is 2. The Morgan fingerprint density at radius 3 is 1.59 bits per heavy atom. The SMILES string of the molecule is O=C1CCc2cc(C3=C(F)N=C([C@@H]4[C@H]5C[C@H]5c5cc(-c6cc(Cl)ccc6-n6cnnn6)cc(=O)n54)C3)ccc2C1.O=C1CCc2cc(C3=CN=C([C@@H]4[C@H]5C[C@H]5c5cc(-c6cc(Cl)ccc6-n6cnnn6)cc(=O)n54)C3)ccc2C1. The quantitative estimate of drug-likeness (QED) is 0.132. The lowest BCUT2D eigenvalue weighted by Crippen LogP contribution is -2.29. The minimum absolute atomic E-state index is 0.0195. The molecule has 0 saturated heterocycles. The highest BCUT2D eigenvalue weighted by Crippen LogP contribution is 2.62. The second kappa shape index (κ2) is 18.3. The van der Waals surface area contributed by atoms with Crippen LogP contribution in [0.2, 0.25) is 10.0 Å². The van der Waals surface area contributed by atoms with E-state index in [0.717, 1.165) is 98.5 Å². The maximum absolute atomic E-state index is 15.3. The van der Waals surface area contributed by atoms with Crippen LogP contribution in [0.4, 0.5) is 4.39 Å². The Hall–Kier alpha value is -8.41. The predicted octanol–water partition coefficient (Wildman–Crippen LogP) is 9.79. The van der Waals surface area contributed by atoms with Crippen LogP contribution in [0, 0.1) is 11.8 Å². The predicted molar refractivity (Wildman–Crippen MR) is 295 cm³/mol. The fourth-order valence-corrected chi connectivity index (χ4v) is 13.7. The van der Waals surface area contributed by atoms with Crippen molar-refractivity contribution in [3.63, 3.8) is 0 Å². The zero-order chi connectivity index (χ0) is 53.4. The van der Waals surface area contributed by atoms with Crippen molar-refractivity contribution >= 4 is 57.3 Å². The maximum atomic E-state index is 15.3. The molecule has 8 aliphatic rings. The lowest BCUT2D eigenvalue weighted by molar-refractivity contribution is -0.119. The van der Waals surface area contributed by atoms with Gasteiger partial charge in [0.1, 0.15) is 24.2 Å². The number of ketones is 2. The number of aliphatic imine (C=N–C) groups is 2. The number of allylic oxidation sites excluding steroid dienone is 2. The highest BCUT2D eigenvalue weighted by Gasteiger charge is 2.56. The standard InChI is InChI=1S/C30H22ClFN6O2.C30H23ClN6O2/c31-19-4-6-26(37-14-33-35-36-37)21(11-19)18-9-27-23-12-24(23)29(38(27)28(40)10-18)25-13-22(30(32)34-25)17-2-1-16-8-20(39)5-3-15(16)7-17;31-21-4-6-27(36-15-33-34-35-36)23(12-21)19-10-28-24-13-25(24)30(37(28)29(39)11-19)26-9-20(14-32-26)17-1-2-18-8-22(38)5-3-16(18)7-17/h1-2,4,6-7,9-11,14,23-24,29H,3,5,8,12-13H2;1-2,4,6-7,10-12,14-15,24-25,30H,3,5,8-9,13H2/t23-,24+,29+;24-,25+,30+/m11/s1. The van der Waals surface area contributed by atoms with Gasteiger partial charge in [-0.1, -0.05) is 59.6 Å². The van der Waals surface area contributed by atoms with Gasteiger partial charge < -0.3 is 9.13 Å². The number of hydrogen-bond acceptors (Lipinski definition) is 12. The summed E-state index contributed by atoms with van der Waals surface area (Å²) in [5, 5.41) is 24.2. The molecule has 0 amide bonds. The van der Waals surface area contributed by atoms with Crippen LogP contribution >= 0.6 is 23.2 Å². The molecule has 4 aromatic carbocycles. The summed E-state index contributed by atoms with van der Waals surface area (Å²) < 4.78 is 22.2. The Morgan fingerprint density at radius 2 is 1.05 bits per heavy atom. The zero-order valence-corrected chi connectivity index (χ0v) is 43.7. The number of carbonyl (C=O) groups is 2. The van der Waals surface area contributed by atoms with E-state index in [1.54, 1.807) is 38.2 Å². The Kier molecular flexibility index (Phi) is 11.1. The molecule has 8 heterocycles. The molecule has 16 nitrogen and oxygen atoms in total. The summed E-state index contributed by atoms with van der Waals surface area (Å²) in [6, 6.07) is 30.3. The third-order valence-corrected chi connectivity index (χ3v) is 17.7. The van der Waals surface area contributed by atoms with Gasteiger partial charge in [-0.2, -0.15) is 13.8 Å². The summed E-state index contributed by atoms with van der Waals surface area (Å²) in [5.74, 6) is 1.27. The molecule has 4 aromatic heterocycles. The molecule has 19 heteroatoms. The van der Waals surface area contributed by atoms with Gasteiger partial charge in [-0.3, -0.25) is 24.2 Å². The van der Waals surface area contributed by atoms with E-state index in [1.165, 1.54) is 23.8 Å². The first kappa shape index (κ1) is 47.8. The molecule has 390 valence electrons. The van der Waals surface area contributed by atoms with Gasteiger partial charge in [-0.05, 0) is 157 Å². The van der Waals surface area contributed by atoms with Crippen LogP contribution in [0.5, 0.6) is 0 Å². The Bertz CT molecular complexity index is 4240. The first-order chi connectivity index (χ1) is 38.5. The fraction of sp³-hybridized carbons (Fsp3) is 0.267. The van der Waals surface area contributed by atoms with Crippen LogP contribution in [-0.4, -0.2) is 72.5 Å². The minimum atomic E-state index is -0.484. The van der Waals surface area contributed by atoms with Crippen LogP contribution in [0.25, 0.3) is 44.8 Å². The van der Waals surface area contributed by atoms with Crippen molar-refractivity contribution in [3.8, 4) is 33.6 Å². The largest absolute Gasteiger partial charge is 0.303 e. The summed E-state index contributed by atoms with van der Waals surface area (Å²) in [5.41, 5.74) is 16.4. The fourth-order valence-electron chi connectivity index (χ4n) is 13.4. The Balaban J connectivity index is 0.000000137. The molecule has 0 spiro atoms. The number of benzene rings is 4. The third-order valence-electron chi connectivity index (χ3n) is 17.3. The molecule has 2 saturated carbocycles. The maximum Gasteiger partial charge on any atom is 0.251 e. The average molecular weight is 1090 g/mol. The number of aromatic nitrogens is 10. The van der Waals surface area contributed by atoms with Gasteiger partial charge in [-0.15, -0.1) is 10.2 Å². The van der Waals surface area contributed by atoms with Gasteiger partial charge in [0.05, 0.1) is 23.5 Å². The Labute approximate surface area is 459 Å². The van der Waals surface area contributed by atoms with E-state index in [2.05, 4.69) is 60.3 Å². The normalized spacial score (nSPS) is 22.7. The molecule has 0 N–H and O–H groups in total. The minimum Gasteiger partial charge on any atom is -0.303 e. The van der Waals surface area contributed by atoms with Gasteiger partial charge in [0.2, 0.25) is 5.95 Å².